The molecule has 1 N–H and O–H groups in total. The van der Waals surface area contributed by atoms with E-state index in [0.717, 1.165) is 5.56 Å². The largest absolute Gasteiger partial charge is 0.479 e. The van der Waals surface area contributed by atoms with Crippen LogP contribution in [0, 0.1) is 6.92 Å². The van der Waals surface area contributed by atoms with Crippen LogP contribution in [0.15, 0.2) is 23.1 Å². The highest BCUT2D eigenvalue weighted by atomic mass is 35.7. The Balaban J connectivity index is 3.05. The zero-order chi connectivity index (χ0) is 14.6. The Labute approximate surface area is 117 Å². The standard InChI is InChI=1S/C12H16ClNO4S/c1-4-14-12(15)9(3)18-10-6-5-8(2)7-11(10)19(13,16)17/h5-7,9H,4H2,1-3H3,(H,14,15). The van der Waals surface area contributed by atoms with Gasteiger partial charge in [-0.2, -0.15) is 0 Å². The first-order chi connectivity index (χ1) is 8.75. The highest BCUT2D eigenvalue weighted by Crippen LogP contribution is 2.28. The minimum atomic E-state index is -3.92. The van der Waals surface area contributed by atoms with E-state index >= 15 is 0 Å². The summed E-state index contributed by atoms with van der Waals surface area (Å²) in [6.07, 6.45) is -0.806. The lowest BCUT2D eigenvalue weighted by atomic mass is 10.2. The van der Waals surface area contributed by atoms with Crippen molar-refractivity contribution in [3.05, 3.63) is 23.8 Å². The zero-order valence-electron chi connectivity index (χ0n) is 10.9. The van der Waals surface area contributed by atoms with Crippen LogP contribution in [0.4, 0.5) is 0 Å². The molecule has 1 atom stereocenters. The Bertz CT molecular complexity index is 571. The third-order valence-electron chi connectivity index (χ3n) is 2.39. The van der Waals surface area contributed by atoms with Crippen LogP contribution in [0.1, 0.15) is 19.4 Å². The van der Waals surface area contributed by atoms with Crippen LogP contribution in [0.5, 0.6) is 5.75 Å². The molecule has 19 heavy (non-hydrogen) atoms. The summed E-state index contributed by atoms with van der Waals surface area (Å²) in [5, 5.41) is 2.59. The molecular formula is C12H16ClNO4S. The maximum Gasteiger partial charge on any atom is 0.264 e. The van der Waals surface area contributed by atoms with E-state index in [-0.39, 0.29) is 16.6 Å². The van der Waals surface area contributed by atoms with Crippen LogP contribution in [0.25, 0.3) is 0 Å². The van der Waals surface area contributed by atoms with Gasteiger partial charge in [0.25, 0.3) is 15.0 Å². The van der Waals surface area contributed by atoms with E-state index in [1.54, 1.807) is 19.9 Å². The number of hydrogen-bond acceptors (Lipinski definition) is 4. The number of carbonyl (C=O) groups excluding carboxylic acids is 1. The summed E-state index contributed by atoms with van der Waals surface area (Å²) in [5.74, 6) is -0.250. The highest BCUT2D eigenvalue weighted by molar-refractivity contribution is 8.13. The smallest absolute Gasteiger partial charge is 0.264 e. The lowest BCUT2D eigenvalue weighted by molar-refractivity contribution is -0.127. The number of carbonyl (C=O) groups is 1. The molecule has 106 valence electrons. The maximum absolute atomic E-state index is 11.6. The molecule has 0 radical (unpaired) electrons. The summed E-state index contributed by atoms with van der Waals surface area (Å²) in [6, 6.07) is 4.58. The molecule has 0 bridgehead atoms. The predicted octanol–water partition coefficient (Wildman–Crippen LogP) is 1.83. The molecule has 7 heteroatoms. The van der Waals surface area contributed by atoms with E-state index in [4.69, 9.17) is 15.4 Å². The second-order valence-corrected chi connectivity index (χ2v) is 6.58. The van der Waals surface area contributed by atoms with Crippen molar-refractivity contribution in [3.8, 4) is 5.75 Å². The Morgan fingerprint density at radius 3 is 2.63 bits per heavy atom. The molecule has 0 heterocycles. The van der Waals surface area contributed by atoms with Crippen LogP contribution in [0.2, 0.25) is 0 Å². The van der Waals surface area contributed by atoms with E-state index in [0.29, 0.717) is 6.54 Å². The average molecular weight is 306 g/mol. The van der Waals surface area contributed by atoms with Crippen molar-refractivity contribution in [2.45, 2.75) is 31.8 Å². The molecule has 0 spiro atoms. The van der Waals surface area contributed by atoms with Gasteiger partial charge in [0.2, 0.25) is 0 Å². The molecule has 0 aromatic heterocycles. The quantitative estimate of drug-likeness (QED) is 0.842. The molecule has 1 aromatic rings. The Morgan fingerprint density at radius 2 is 2.11 bits per heavy atom. The fourth-order valence-corrected chi connectivity index (χ4v) is 2.51. The fraction of sp³-hybridized carbons (Fsp3) is 0.417. The number of aryl methyl sites for hydroxylation is 1. The number of ether oxygens (including phenoxy) is 1. The first-order valence-corrected chi connectivity index (χ1v) is 8.06. The van der Waals surface area contributed by atoms with Crippen molar-refractivity contribution < 1.29 is 17.9 Å². The van der Waals surface area contributed by atoms with Gasteiger partial charge in [0, 0.05) is 17.2 Å². The number of hydrogen-bond donors (Lipinski definition) is 1. The lowest BCUT2D eigenvalue weighted by Gasteiger charge is -2.16. The zero-order valence-corrected chi connectivity index (χ0v) is 12.5. The molecule has 0 aliphatic carbocycles. The minimum Gasteiger partial charge on any atom is -0.479 e. The summed E-state index contributed by atoms with van der Waals surface area (Å²) in [6.45, 7) is 5.53. The van der Waals surface area contributed by atoms with Gasteiger partial charge in [-0.3, -0.25) is 4.79 Å². The van der Waals surface area contributed by atoms with E-state index in [1.807, 2.05) is 0 Å². The van der Waals surface area contributed by atoms with Gasteiger partial charge in [-0.1, -0.05) is 6.07 Å². The summed E-state index contributed by atoms with van der Waals surface area (Å²) >= 11 is 0. The summed E-state index contributed by atoms with van der Waals surface area (Å²) in [7, 11) is 1.43. The second kappa shape index (κ2) is 6.25. The monoisotopic (exact) mass is 305 g/mol. The van der Waals surface area contributed by atoms with Crippen LogP contribution < -0.4 is 10.1 Å². The molecule has 1 unspecified atom stereocenters. The first kappa shape index (κ1) is 15.8. The van der Waals surface area contributed by atoms with Crippen LogP contribution in [-0.2, 0) is 13.8 Å². The van der Waals surface area contributed by atoms with Gasteiger partial charge in [0.05, 0.1) is 0 Å². The van der Waals surface area contributed by atoms with Crippen molar-refractivity contribution in [2.75, 3.05) is 6.54 Å². The molecule has 5 nitrogen and oxygen atoms in total. The number of amides is 1. The number of rotatable bonds is 5. The maximum atomic E-state index is 11.6. The molecular weight excluding hydrogens is 290 g/mol. The summed E-state index contributed by atoms with van der Waals surface area (Å²) in [5.41, 5.74) is 0.734. The molecule has 1 amide bonds. The third-order valence-corrected chi connectivity index (χ3v) is 3.73. The topological polar surface area (TPSA) is 72.5 Å². The van der Waals surface area contributed by atoms with Crippen molar-refractivity contribution in [1.29, 1.82) is 0 Å². The van der Waals surface area contributed by atoms with E-state index in [1.165, 1.54) is 19.1 Å². The molecule has 0 saturated carbocycles. The van der Waals surface area contributed by atoms with E-state index < -0.39 is 15.2 Å². The van der Waals surface area contributed by atoms with Crippen LogP contribution in [0.3, 0.4) is 0 Å². The summed E-state index contributed by atoms with van der Waals surface area (Å²) < 4.78 is 28.3. The Hall–Kier alpha value is -1.27. The molecule has 0 aliphatic rings. The molecule has 0 saturated heterocycles. The van der Waals surface area contributed by atoms with Crippen LogP contribution in [-0.4, -0.2) is 27.0 Å². The number of halogens is 1. The van der Waals surface area contributed by atoms with Crippen LogP contribution >= 0.6 is 10.7 Å². The van der Waals surface area contributed by atoms with Gasteiger partial charge in [0.15, 0.2) is 6.10 Å². The first-order valence-electron chi connectivity index (χ1n) is 5.75. The molecule has 0 fully saturated rings. The number of nitrogens with one attached hydrogen (secondary N) is 1. The van der Waals surface area contributed by atoms with Gasteiger partial charge >= 0.3 is 0 Å². The van der Waals surface area contributed by atoms with Crippen molar-refractivity contribution in [2.24, 2.45) is 0 Å². The van der Waals surface area contributed by atoms with Gasteiger partial charge in [-0.25, -0.2) is 8.42 Å². The Morgan fingerprint density at radius 1 is 1.47 bits per heavy atom. The van der Waals surface area contributed by atoms with Crippen molar-refractivity contribution >= 4 is 25.6 Å². The summed E-state index contributed by atoms with van der Waals surface area (Å²) in [4.78, 5) is 11.4. The molecule has 1 aromatic carbocycles. The third kappa shape index (κ3) is 4.40. The lowest BCUT2D eigenvalue weighted by Crippen LogP contribution is -2.36. The fourth-order valence-electron chi connectivity index (χ4n) is 1.47. The Kier molecular flexibility index (Phi) is 5.20. The number of likely N-dealkylation sites (N-methyl/N-ethyl adjacent to an activating group) is 1. The van der Waals surface area contributed by atoms with Crippen molar-refractivity contribution in [1.82, 2.24) is 5.32 Å². The van der Waals surface area contributed by atoms with Gasteiger partial charge in [-0.05, 0) is 38.5 Å². The van der Waals surface area contributed by atoms with Gasteiger partial charge in [-0.15, -0.1) is 0 Å². The average Bonchev–Trinajstić information content (AvgIpc) is 2.30. The second-order valence-electron chi connectivity index (χ2n) is 4.04. The normalized spacial score (nSPS) is 12.8. The minimum absolute atomic E-state index is 0.0688. The van der Waals surface area contributed by atoms with E-state index in [2.05, 4.69) is 5.32 Å². The molecule has 1 rings (SSSR count). The van der Waals surface area contributed by atoms with E-state index in [9.17, 15) is 13.2 Å². The number of benzene rings is 1. The van der Waals surface area contributed by atoms with Crippen molar-refractivity contribution in [3.63, 3.8) is 0 Å². The SMILES string of the molecule is CCNC(=O)C(C)Oc1ccc(C)cc1S(=O)(=O)Cl. The van der Waals surface area contributed by atoms with Gasteiger partial charge < -0.3 is 10.1 Å². The highest BCUT2D eigenvalue weighted by Gasteiger charge is 2.21. The molecule has 0 aliphatic heterocycles. The van der Waals surface area contributed by atoms with Gasteiger partial charge in [0.1, 0.15) is 10.6 Å². The predicted molar refractivity (Wildman–Crippen MR) is 73.0 cm³/mol.